The van der Waals surface area contributed by atoms with E-state index in [9.17, 15) is 0 Å². The van der Waals surface area contributed by atoms with Gasteiger partial charge in [0.25, 0.3) is 0 Å². The third kappa shape index (κ3) is 2.82. The van der Waals surface area contributed by atoms with E-state index in [4.69, 9.17) is 11.5 Å². The Balaban J connectivity index is 1.71. The number of fused-ring (bicyclic) bond motifs is 1. The normalized spacial score (nSPS) is 15.4. The highest BCUT2D eigenvalue weighted by molar-refractivity contribution is 5.91. The molecular formula is C15H19N5. The Morgan fingerprint density at radius 3 is 2.80 bits per heavy atom. The average molecular weight is 269 g/mol. The number of nitrogens with zero attached hydrogens (tertiary/aromatic N) is 2. The second-order valence-corrected chi connectivity index (χ2v) is 5.47. The molecule has 0 radical (unpaired) electrons. The monoisotopic (exact) mass is 269 g/mol. The zero-order valence-corrected chi connectivity index (χ0v) is 11.5. The molecule has 0 bridgehead atoms. The average Bonchev–Trinajstić information content (AvgIpc) is 3.20. The van der Waals surface area contributed by atoms with Crippen LogP contribution in [0.2, 0.25) is 0 Å². The summed E-state index contributed by atoms with van der Waals surface area (Å²) in [6, 6.07) is 5.89. The maximum Gasteiger partial charge on any atom is 0.222 e. The molecule has 1 aliphatic carbocycles. The summed E-state index contributed by atoms with van der Waals surface area (Å²) in [5.41, 5.74) is 13.3. The molecule has 0 fully saturated rings. The van der Waals surface area contributed by atoms with Crippen molar-refractivity contribution >= 4 is 28.4 Å². The zero-order valence-electron chi connectivity index (χ0n) is 11.5. The Labute approximate surface area is 118 Å². The lowest BCUT2D eigenvalue weighted by Crippen LogP contribution is -2.12. The lowest BCUT2D eigenvalue weighted by Gasteiger charge is -2.14. The summed E-state index contributed by atoms with van der Waals surface area (Å²) in [6.07, 6.45) is 5.70. The van der Waals surface area contributed by atoms with Crippen LogP contribution in [0.15, 0.2) is 30.4 Å². The predicted octanol–water partition coefficient (Wildman–Crippen LogP) is 2.42. The Bertz CT molecular complexity index is 659. The van der Waals surface area contributed by atoms with E-state index in [-0.39, 0.29) is 5.95 Å². The third-order valence-corrected chi connectivity index (χ3v) is 3.54. The number of hydrogen-bond acceptors (Lipinski definition) is 5. The van der Waals surface area contributed by atoms with E-state index in [1.54, 1.807) is 0 Å². The van der Waals surface area contributed by atoms with Gasteiger partial charge in [0.05, 0.1) is 5.52 Å². The van der Waals surface area contributed by atoms with Crippen molar-refractivity contribution in [1.82, 2.24) is 9.97 Å². The highest BCUT2D eigenvalue weighted by Gasteiger charge is 2.14. The Morgan fingerprint density at radius 2 is 2.05 bits per heavy atom. The van der Waals surface area contributed by atoms with E-state index >= 15 is 0 Å². The van der Waals surface area contributed by atoms with Crippen LogP contribution in [0.25, 0.3) is 10.9 Å². The molecule has 1 heterocycles. The Morgan fingerprint density at radius 1 is 1.25 bits per heavy atom. The van der Waals surface area contributed by atoms with E-state index in [1.807, 2.05) is 18.2 Å². The molecule has 5 nitrogen and oxygen atoms in total. The number of anilines is 3. The topological polar surface area (TPSA) is 89.8 Å². The fourth-order valence-electron chi connectivity index (χ4n) is 2.36. The number of allylic oxidation sites excluding steroid dienone is 2. The first-order chi connectivity index (χ1) is 9.61. The van der Waals surface area contributed by atoms with Crippen LogP contribution < -0.4 is 16.8 Å². The molecule has 2 aromatic rings. The molecule has 0 spiro atoms. The number of hydrogen-bond donors (Lipinski definition) is 3. The summed E-state index contributed by atoms with van der Waals surface area (Å²) in [4.78, 5) is 8.17. The molecule has 3 rings (SSSR count). The highest BCUT2D eigenvalue weighted by Crippen LogP contribution is 2.26. The number of nitrogens with one attached hydrogen (secondary N) is 1. The van der Waals surface area contributed by atoms with E-state index < -0.39 is 0 Å². The lowest BCUT2D eigenvalue weighted by molar-refractivity contribution is 0.538. The fraction of sp³-hybridized carbons (Fsp3) is 0.333. The van der Waals surface area contributed by atoms with Crippen LogP contribution in [0, 0.1) is 11.8 Å². The maximum atomic E-state index is 5.89. The summed E-state index contributed by atoms with van der Waals surface area (Å²) in [5.74, 6) is 1.98. The van der Waals surface area contributed by atoms with Crippen LogP contribution in [0.3, 0.4) is 0 Å². The molecular weight excluding hydrogens is 250 g/mol. The molecule has 5 N–H and O–H groups in total. The van der Waals surface area contributed by atoms with Crippen LogP contribution in [-0.4, -0.2) is 16.5 Å². The first kappa shape index (κ1) is 12.7. The minimum absolute atomic E-state index is 0.210. The second kappa shape index (κ2) is 5.00. The minimum Gasteiger partial charge on any atom is -0.385 e. The van der Waals surface area contributed by atoms with Gasteiger partial charge in [-0.05, 0) is 36.5 Å². The third-order valence-electron chi connectivity index (χ3n) is 3.54. The predicted molar refractivity (Wildman–Crippen MR) is 83.3 cm³/mol. The minimum atomic E-state index is 0.210. The molecule has 0 aliphatic heterocycles. The van der Waals surface area contributed by atoms with E-state index in [2.05, 4.69) is 34.4 Å². The summed E-state index contributed by atoms with van der Waals surface area (Å²) in [7, 11) is 0. The summed E-state index contributed by atoms with van der Waals surface area (Å²) in [6.45, 7) is 3.20. The molecule has 1 atom stereocenters. The van der Waals surface area contributed by atoms with Crippen molar-refractivity contribution < 1.29 is 0 Å². The van der Waals surface area contributed by atoms with Gasteiger partial charge >= 0.3 is 0 Å². The first-order valence-corrected chi connectivity index (χ1v) is 6.87. The largest absolute Gasteiger partial charge is 0.385 e. The van der Waals surface area contributed by atoms with Crippen molar-refractivity contribution in [3.63, 3.8) is 0 Å². The van der Waals surface area contributed by atoms with Crippen LogP contribution in [0.1, 0.15) is 13.3 Å². The van der Waals surface area contributed by atoms with Crippen molar-refractivity contribution in [2.24, 2.45) is 11.8 Å². The van der Waals surface area contributed by atoms with E-state index in [0.717, 1.165) is 29.1 Å². The van der Waals surface area contributed by atoms with Crippen molar-refractivity contribution in [3.8, 4) is 0 Å². The van der Waals surface area contributed by atoms with Gasteiger partial charge < -0.3 is 16.8 Å². The molecule has 5 heteroatoms. The van der Waals surface area contributed by atoms with Gasteiger partial charge in [-0.15, -0.1) is 0 Å². The van der Waals surface area contributed by atoms with Crippen LogP contribution >= 0.6 is 0 Å². The van der Waals surface area contributed by atoms with Gasteiger partial charge in [0, 0.05) is 17.6 Å². The summed E-state index contributed by atoms with van der Waals surface area (Å²) < 4.78 is 0. The standard InChI is InChI=1S/C15H19N5/c1-9(6-10-2-3-10)8-18-11-4-5-13-12(7-11)14(16)20-15(17)19-13/h2-5,7,9-10,18H,6,8H2,1H3,(H4,16,17,19,20)/t9-/m0/s1. The number of rotatable bonds is 5. The molecule has 20 heavy (non-hydrogen) atoms. The molecule has 0 amide bonds. The van der Waals surface area contributed by atoms with Crippen LogP contribution in [0.4, 0.5) is 17.5 Å². The van der Waals surface area contributed by atoms with Crippen molar-refractivity contribution in [2.45, 2.75) is 13.3 Å². The van der Waals surface area contributed by atoms with Gasteiger partial charge in [-0.25, -0.2) is 4.98 Å². The van der Waals surface area contributed by atoms with E-state index in [1.165, 1.54) is 6.42 Å². The molecule has 1 aliphatic rings. The zero-order chi connectivity index (χ0) is 14.1. The smallest absolute Gasteiger partial charge is 0.222 e. The van der Waals surface area contributed by atoms with Gasteiger partial charge in [-0.3, -0.25) is 0 Å². The second-order valence-electron chi connectivity index (χ2n) is 5.47. The van der Waals surface area contributed by atoms with Gasteiger partial charge in [0.2, 0.25) is 5.95 Å². The molecule has 0 saturated heterocycles. The van der Waals surface area contributed by atoms with Gasteiger partial charge in [0.1, 0.15) is 5.82 Å². The molecule has 1 aromatic heterocycles. The first-order valence-electron chi connectivity index (χ1n) is 6.87. The number of aromatic nitrogens is 2. The Kier molecular flexibility index (Phi) is 3.18. The SMILES string of the molecule is C[C@H](CNc1ccc2nc(N)nc(N)c2c1)CC1C=C1. The molecule has 0 unspecified atom stereocenters. The Hall–Kier alpha value is -2.30. The van der Waals surface area contributed by atoms with E-state index in [0.29, 0.717) is 11.7 Å². The number of benzene rings is 1. The summed E-state index contributed by atoms with van der Waals surface area (Å²) >= 11 is 0. The van der Waals surface area contributed by atoms with Crippen molar-refractivity contribution in [1.29, 1.82) is 0 Å². The van der Waals surface area contributed by atoms with Crippen LogP contribution in [-0.2, 0) is 0 Å². The molecule has 0 saturated carbocycles. The molecule has 1 aromatic carbocycles. The maximum absolute atomic E-state index is 5.89. The molecule has 104 valence electrons. The summed E-state index contributed by atoms with van der Waals surface area (Å²) in [5, 5.41) is 4.28. The lowest BCUT2D eigenvalue weighted by atomic mass is 10.0. The number of nitrogen functional groups attached to an aromatic ring is 2. The van der Waals surface area contributed by atoms with Crippen LogP contribution in [0.5, 0.6) is 0 Å². The van der Waals surface area contributed by atoms with Gasteiger partial charge in [-0.2, -0.15) is 4.98 Å². The van der Waals surface area contributed by atoms with Crippen molar-refractivity contribution in [3.05, 3.63) is 30.4 Å². The number of nitrogens with two attached hydrogens (primary N) is 2. The highest BCUT2D eigenvalue weighted by atomic mass is 15.0. The fourth-order valence-corrected chi connectivity index (χ4v) is 2.36. The van der Waals surface area contributed by atoms with Gasteiger partial charge in [-0.1, -0.05) is 19.1 Å². The van der Waals surface area contributed by atoms with Gasteiger partial charge in [0.15, 0.2) is 0 Å². The van der Waals surface area contributed by atoms with Crippen molar-refractivity contribution in [2.75, 3.05) is 23.3 Å². The quantitative estimate of drug-likeness (QED) is 0.725.